The highest BCUT2D eigenvalue weighted by Crippen LogP contribution is 2.22. The topological polar surface area (TPSA) is 60.3 Å². The van der Waals surface area contributed by atoms with Crippen molar-refractivity contribution in [3.63, 3.8) is 0 Å². The minimum absolute atomic E-state index is 0.497. The van der Waals surface area contributed by atoms with E-state index in [0.29, 0.717) is 6.61 Å². The summed E-state index contributed by atoms with van der Waals surface area (Å²) in [7, 11) is 0. The fourth-order valence-corrected chi connectivity index (χ4v) is 0.290. The van der Waals surface area contributed by atoms with Crippen LogP contribution in [0.4, 0.5) is 0 Å². The molecule has 0 spiro atoms. The summed E-state index contributed by atoms with van der Waals surface area (Å²) in [5, 5.41) is 0. The summed E-state index contributed by atoms with van der Waals surface area (Å²) in [5.74, 6) is 0. The highest BCUT2D eigenvalue weighted by Gasteiger charge is 2.46. The van der Waals surface area contributed by atoms with Crippen LogP contribution in [-0.4, -0.2) is 12.7 Å². The van der Waals surface area contributed by atoms with Gasteiger partial charge in [0.25, 0.3) is 0 Å². The van der Waals surface area contributed by atoms with Gasteiger partial charge in [-0.15, -0.1) is 9.78 Å². The van der Waals surface area contributed by atoms with E-state index in [0.717, 1.165) is 0 Å². The van der Waals surface area contributed by atoms with Crippen LogP contribution in [0.3, 0.4) is 0 Å². The molecule has 0 saturated carbocycles. The summed E-state index contributed by atoms with van der Waals surface area (Å²) in [4.78, 5) is 8.38. The maximum atomic E-state index is 5.09. The van der Waals surface area contributed by atoms with E-state index in [1.165, 1.54) is 0 Å². The molecule has 0 amide bonds. The molecule has 1 fully saturated rings. The van der Waals surface area contributed by atoms with Crippen molar-refractivity contribution in [3.8, 4) is 0 Å². The Morgan fingerprint density at radius 1 is 1.71 bits per heavy atom. The van der Waals surface area contributed by atoms with E-state index < -0.39 is 6.10 Å². The molecule has 0 aromatic carbocycles. The van der Waals surface area contributed by atoms with Crippen LogP contribution in [0.25, 0.3) is 0 Å². The third kappa shape index (κ3) is 1.10. The lowest BCUT2D eigenvalue weighted by atomic mass is 10.8. The summed E-state index contributed by atoms with van der Waals surface area (Å²) >= 11 is 0. The van der Waals surface area contributed by atoms with E-state index in [2.05, 4.69) is 14.5 Å². The molecule has 1 aliphatic heterocycles. The first kappa shape index (κ1) is 4.99. The standard InChI is InChI=1S/C3H7NO3/c1-2-5-3(4)6-7-3/h2,4H2,1H3. The van der Waals surface area contributed by atoms with Crippen LogP contribution in [0.1, 0.15) is 6.92 Å². The quantitative estimate of drug-likeness (QED) is 0.293. The molecule has 1 heterocycles. The van der Waals surface area contributed by atoms with Gasteiger partial charge in [-0.25, -0.2) is 5.73 Å². The molecular formula is C3H7NO3. The zero-order chi connectivity index (χ0) is 5.33. The van der Waals surface area contributed by atoms with Crippen LogP contribution < -0.4 is 5.73 Å². The van der Waals surface area contributed by atoms with E-state index in [1.54, 1.807) is 6.92 Å². The van der Waals surface area contributed by atoms with Gasteiger partial charge in [-0.3, -0.25) is 0 Å². The van der Waals surface area contributed by atoms with Crippen LogP contribution >= 0.6 is 0 Å². The Morgan fingerprint density at radius 3 is 2.43 bits per heavy atom. The van der Waals surface area contributed by atoms with E-state index >= 15 is 0 Å². The van der Waals surface area contributed by atoms with Gasteiger partial charge in [-0.1, -0.05) is 0 Å². The molecule has 1 aliphatic rings. The minimum atomic E-state index is -1.20. The van der Waals surface area contributed by atoms with Crippen molar-refractivity contribution in [1.29, 1.82) is 0 Å². The predicted molar refractivity (Wildman–Crippen MR) is 20.7 cm³/mol. The molecule has 1 saturated heterocycles. The Kier molecular flexibility index (Phi) is 1.01. The minimum Gasteiger partial charge on any atom is -0.311 e. The van der Waals surface area contributed by atoms with E-state index in [9.17, 15) is 0 Å². The zero-order valence-electron chi connectivity index (χ0n) is 4.01. The highest BCUT2D eigenvalue weighted by atomic mass is 17.5. The van der Waals surface area contributed by atoms with Gasteiger partial charge in [-0.05, 0) is 6.92 Å². The van der Waals surface area contributed by atoms with Crippen molar-refractivity contribution in [1.82, 2.24) is 0 Å². The van der Waals surface area contributed by atoms with Gasteiger partial charge in [0, 0.05) is 0 Å². The van der Waals surface area contributed by atoms with Crippen LogP contribution in [0.15, 0.2) is 0 Å². The van der Waals surface area contributed by atoms with Crippen molar-refractivity contribution >= 4 is 0 Å². The maximum Gasteiger partial charge on any atom is 0.402 e. The first-order valence-corrected chi connectivity index (χ1v) is 2.06. The fraction of sp³-hybridized carbons (Fsp3) is 1.00. The Morgan fingerprint density at radius 2 is 2.29 bits per heavy atom. The van der Waals surface area contributed by atoms with Crippen LogP contribution in [0.5, 0.6) is 0 Å². The maximum absolute atomic E-state index is 5.09. The Bertz CT molecular complexity index is 70.6. The average Bonchev–Trinajstić information content (AvgIpc) is 2.22. The summed E-state index contributed by atoms with van der Waals surface area (Å²) in [5.41, 5.74) is 5.09. The van der Waals surface area contributed by atoms with Gasteiger partial charge in [0.15, 0.2) is 0 Å². The number of hydrogen-bond acceptors (Lipinski definition) is 4. The third-order valence-corrected chi connectivity index (χ3v) is 0.593. The summed E-state index contributed by atoms with van der Waals surface area (Å²) in [6.45, 7) is 2.30. The Labute approximate surface area is 41.1 Å². The lowest BCUT2D eigenvalue weighted by Gasteiger charge is -1.95. The smallest absolute Gasteiger partial charge is 0.311 e. The molecule has 0 aromatic rings. The molecular weight excluding hydrogens is 98.0 g/mol. The first-order valence-electron chi connectivity index (χ1n) is 2.06. The van der Waals surface area contributed by atoms with Crippen LogP contribution in [0.2, 0.25) is 0 Å². The second kappa shape index (κ2) is 1.41. The van der Waals surface area contributed by atoms with Crippen molar-refractivity contribution in [3.05, 3.63) is 0 Å². The summed E-state index contributed by atoms with van der Waals surface area (Å²) < 4.78 is 4.67. The second-order valence-corrected chi connectivity index (χ2v) is 1.20. The normalized spacial score (nSPS) is 24.9. The average molecular weight is 105 g/mol. The molecule has 7 heavy (non-hydrogen) atoms. The molecule has 0 aromatic heterocycles. The molecule has 0 unspecified atom stereocenters. The van der Waals surface area contributed by atoms with Crippen molar-refractivity contribution in [2.75, 3.05) is 6.61 Å². The van der Waals surface area contributed by atoms with Crippen molar-refractivity contribution < 1.29 is 14.5 Å². The Balaban J connectivity index is 2.13. The largest absolute Gasteiger partial charge is 0.402 e. The SMILES string of the molecule is CCOC1(N)OO1. The van der Waals surface area contributed by atoms with Gasteiger partial charge in [-0.2, -0.15) is 0 Å². The molecule has 4 nitrogen and oxygen atoms in total. The highest BCUT2D eigenvalue weighted by molar-refractivity contribution is 4.44. The molecule has 0 atom stereocenters. The van der Waals surface area contributed by atoms with Crippen LogP contribution in [0, 0.1) is 0 Å². The van der Waals surface area contributed by atoms with E-state index in [-0.39, 0.29) is 0 Å². The lowest BCUT2D eigenvalue weighted by Crippen LogP contribution is -2.26. The van der Waals surface area contributed by atoms with Gasteiger partial charge >= 0.3 is 6.10 Å². The van der Waals surface area contributed by atoms with Crippen molar-refractivity contribution in [2.45, 2.75) is 13.0 Å². The van der Waals surface area contributed by atoms with Crippen molar-refractivity contribution in [2.24, 2.45) is 5.73 Å². The van der Waals surface area contributed by atoms with Crippen LogP contribution in [-0.2, 0) is 14.5 Å². The van der Waals surface area contributed by atoms with E-state index in [1.807, 2.05) is 0 Å². The molecule has 42 valence electrons. The lowest BCUT2D eigenvalue weighted by molar-refractivity contribution is -0.0428. The molecule has 4 heteroatoms. The number of hydrogen-bond donors (Lipinski definition) is 1. The van der Waals surface area contributed by atoms with Gasteiger partial charge in [0.1, 0.15) is 0 Å². The van der Waals surface area contributed by atoms with Gasteiger partial charge < -0.3 is 4.74 Å². The second-order valence-electron chi connectivity index (χ2n) is 1.20. The molecule has 0 aliphatic carbocycles. The Hall–Kier alpha value is -0.160. The number of nitrogens with two attached hydrogens (primary N) is 1. The van der Waals surface area contributed by atoms with Gasteiger partial charge in [0.05, 0.1) is 6.61 Å². The zero-order valence-corrected chi connectivity index (χ0v) is 4.01. The van der Waals surface area contributed by atoms with E-state index in [4.69, 9.17) is 5.73 Å². The fourth-order valence-electron chi connectivity index (χ4n) is 0.290. The molecule has 2 N–H and O–H groups in total. The first-order chi connectivity index (χ1) is 3.27. The monoisotopic (exact) mass is 105 g/mol. The summed E-state index contributed by atoms with van der Waals surface area (Å²) in [6.07, 6.45) is -1.20. The third-order valence-electron chi connectivity index (χ3n) is 0.593. The molecule has 0 bridgehead atoms. The summed E-state index contributed by atoms with van der Waals surface area (Å²) in [6, 6.07) is 0. The molecule has 0 radical (unpaired) electrons. The van der Waals surface area contributed by atoms with Gasteiger partial charge in [0.2, 0.25) is 0 Å². The predicted octanol–water partition coefficient (Wildman–Crippen LogP) is -0.445. The number of ether oxygens (including phenoxy) is 1. The number of rotatable bonds is 2. The molecule has 1 rings (SSSR count).